The number of nitrogens with zero attached hydrogens (tertiary/aromatic N) is 4. The first kappa shape index (κ1) is 14.4. The van der Waals surface area contributed by atoms with Crippen LogP contribution in [-0.2, 0) is 0 Å². The summed E-state index contributed by atoms with van der Waals surface area (Å²) >= 11 is 5.95. The van der Waals surface area contributed by atoms with Gasteiger partial charge in [0.05, 0.1) is 17.6 Å². The summed E-state index contributed by atoms with van der Waals surface area (Å²) in [6.07, 6.45) is 1.68. The molecule has 1 aliphatic heterocycles. The number of hydrogen-bond donors (Lipinski definition) is 1. The van der Waals surface area contributed by atoms with E-state index in [1.54, 1.807) is 22.8 Å². The zero-order valence-corrected chi connectivity index (χ0v) is 13.1. The lowest BCUT2D eigenvalue weighted by Crippen LogP contribution is -2.43. The topological polar surface area (TPSA) is 45.5 Å². The first-order valence-electron chi connectivity index (χ1n) is 7.48. The summed E-state index contributed by atoms with van der Waals surface area (Å²) in [5, 5.41) is 7.87. The molecule has 0 radical (unpaired) electrons. The Morgan fingerprint density at radius 1 is 1.13 bits per heavy atom. The van der Waals surface area contributed by atoms with Crippen molar-refractivity contribution in [1.29, 1.82) is 0 Å². The van der Waals surface area contributed by atoms with E-state index in [9.17, 15) is 4.39 Å². The summed E-state index contributed by atoms with van der Waals surface area (Å²) in [4.78, 5) is 6.33. The number of anilines is 1. The molecule has 5 nitrogen and oxygen atoms in total. The van der Waals surface area contributed by atoms with Gasteiger partial charge in [-0.1, -0.05) is 17.7 Å². The molecule has 1 aliphatic rings. The van der Waals surface area contributed by atoms with Crippen LogP contribution in [0.4, 0.5) is 10.1 Å². The third-order valence-corrected chi connectivity index (χ3v) is 4.23. The van der Waals surface area contributed by atoms with Crippen LogP contribution >= 0.6 is 11.6 Å². The molecule has 3 heterocycles. The molecule has 7 heteroatoms. The minimum absolute atomic E-state index is 0.235. The van der Waals surface area contributed by atoms with Crippen molar-refractivity contribution >= 4 is 22.9 Å². The molecule has 0 unspecified atom stereocenters. The third-order valence-electron chi connectivity index (χ3n) is 4.03. The Balaban J connectivity index is 1.74. The van der Waals surface area contributed by atoms with E-state index in [1.165, 1.54) is 6.07 Å². The second kappa shape index (κ2) is 5.79. The lowest BCUT2D eigenvalue weighted by molar-refractivity contribution is 0.566. The third kappa shape index (κ3) is 2.64. The Morgan fingerprint density at radius 3 is 2.74 bits per heavy atom. The average molecular weight is 332 g/mol. The monoisotopic (exact) mass is 331 g/mol. The van der Waals surface area contributed by atoms with E-state index in [4.69, 9.17) is 11.6 Å². The van der Waals surface area contributed by atoms with Crippen LogP contribution in [0.3, 0.4) is 0 Å². The highest BCUT2D eigenvalue weighted by Crippen LogP contribution is 2.27. The van der Waals surface area contributed by atoms with Crippen molar-refractivity contribution in [3.63, 3.8) is 0 Å². The SMILES string of the molecule is Fc1cc(-c2cnc3ccc(Cl)nn23)ccc1N1CCNCC1. The van der Waals surface area contributed by atoms with Crippen molar-refractivity contribution in [1.82, 2.24) is 19.9 Å². The average Bonchev–Trinajstić information content (AvgIpc) is 2.98. The van der Waals surface area contributed by atoms with E-state index < -0.39 is 0 Å². The molecule has 0 spiro atoms. The Kier molecular flexibility index (Phi) is 3.63. The lowest BCUT2D eigenvalue weighted by atomic mass is 10.1. The Hall–Kier alpha value is -2.18. The second-order valence-corrected chi connectivity index (χ2v) is 5.86. The number of imidazole rings is 1. The predicted octanol–water partition coefficient (Wildman–Crippen LogP) is 2.60. The van der Waals surface area contributed by atoms with Gasteiger partial charge in [-0.3, -0.25) is 0 Å². The van der Waals surface area contributed by atoms with E-state index in [0.29, 0.717) is 22.2 Å². The molecule has 2 aromatic heterocycles. The number of rotatable bonds is 2. The van der Waals surface area contributed by atoms with Crippen LogP contribution in [0, 0.1) is 5.82 Å². The van der Waals surface area contributed by atoms with Crippen molar-refractivity contribution in [3.05, 3.63) is 47.5 Å². The molecule has 1 N–H and O–H groups in total. The van der Waals surface area contributed by atoms with Gasteiger partial charge < -0.3 is 10.2 Å². The zero-order chi connectivity index (χ0) is 15.8. The van der Waals surface area contributed by atoms with Gasteiger partial charge in [0, 0.05) is 31.7 Å². The minimum Gasteiger partial charge on any atom is -0.367 e. The van der Waals surface area contributed by atoms with Gasteiger partial charge in [0.2, 0.25) is 0 Å². The highest BCUT2D eigenvalue weighted by Gasteiger charge is 2.16. The van der Waals surface area contributed by atoms with E-state index in [0.717, 1.165) is 31.7 Å². The lowest BCUT2D eigenvalue weighted by Gasteiger charge is -2.29. The molecule has 118 valence electrons. The van der Waals surface area contributed by atoms with Crippen LogP contribution in [-0.4, -0.2) is 40.8 Å². The van der Waals surface area contributed by atoms with E-state index in [2.05, 4.69) is 20.3 Å². The van der Waals surface area contributed by atoms with E-state index in [1.807, 2.05) is 12.1 Å². The summed E-state index contributed by atoms with van der Waals surface area (Å²) in [7, 11) is 0. The largest absolute Gasteiger partial charge is 0.367 e. The molecule has 23 heavy (non-hydrogen) atoms. The molecular formula is C16H15ClFN5. The normalized spacial score (nSPS) is 15.3. The fraction of sp³-hybridized carbons (Fsp3) is 0.250. The maximum atomic E-state index is 14.6. The second-order valence-electron chi connectivity index (χ2n) is 5.47. The van der Waals surface area contributed by atoms with Crippen LogP contribution in [0.15, 0.2) is 36.5 Å². The molecule has 0 aliphatic carbocycles. The Labute approximate surface area is 137 Å². The highest BCUT2D eigenvalue weighted by molar-refractivity contribution is 6.29. The van der Waals surface area contributed by atoms with E-state index in [-0.39, 0.29) is 5.82 Å². The van der Waals surface area contributed by atoms with Gasteiger partial charge in [0.15, 0.2) is 5.65 Å². The van der Waals surface area contributed by atoms with Gasteiger partial charge in [0.25, 0.3) is 0 Å². The van der Waals surface area contributed by atoms with Gasteiger partial charge in [-0.05, 0) is 24.3 Å². The first-order valence-corrected chi connectivity index (χ1v) is 7.86. The van der Waals surface area contributed by atoms with Crippen molar-refractivity contribution in [2.45, 2.75) is 0 Å². The van der Waals surface area contributed by atoms with Crippen molar-refractivity contribution < 1.29 is 4.39 Å². The fourth-order valence-corrected chi connectivity index (χ4v) is 3.01. The molecule has 0 bridgehead atoms. The van der Waals surface area contributed by atoms with Gasteiger partial charge in [-0.2, -0.15) is 5.10 Å². The molecule has 1 fully saturated rings. The minimum atomic E-state index is -0.235. The van der Waals surface area contributed by atoms with Gasteiger partial charge in [-0.25, -0.2) is 13.9 Å². The van der Waals surface area contributed by atoms with E-state index >= 15 is 0 Å². The number of piperazine rings is 1. The molecular weight excluding hydrogens is 317 g/mol. The molecule has 1 saturated heterocycles. The highest BCUT2D eigenvalue weighted by atomic mass is 35.5. The first-order chi connectivity index (χ1) is 11.2. The number of benzene rings is 1. The zero-order valence-electron chi connectivity index (χ0n) is 12.3. The van der Waals surface area contributed by atoms with Gasteiger partial charge in [0.1, 0.15) is 11.0 Å². The summed E-state index contributed by atoms with van der Waals surface area (Å²) in [6.45, 7) is 3.36. The van der Waals surface area contributed by atoms with Crippen LogP contribution in [0.1, 0.15) is 0 Å². The van der Waals surface area contributed by atoms with Crippen LogP contribution < -0.4 is 10.2 Å². The van der Waals surface area contributed by atoms with Gasteiger partial charge in [-0.15, -0.1) is 0 Å². The maximum absolute atomic E-state index is 14.6. The van der Waals surface area contributed by atoms with Crippen LogP contribution in [0.2, 0.25) is 5.15 Å². The predicted molar refractivity (Wildman–Crippen MR) is 88.5 cm³/mol. The fourth-order valence-electron chi connectivity index (χ4n) is 2.88. The molecule has 0 atom stereocenters. The molecule has 0 amide bonds. The number of aromatic nitrogens is 3. The summed E-state index contributed by atoms with van der Waals surface area (Å²) < 4.78 is 16.2. The summed E-state index contributed by atoms with van der Waals surface area (Å²) in [5.41, 5.74) is 2.75. The molecule has 1 aromatic carbocycles. The molecule has 3 aromatic rings. The summed E-state index contributed by atoms with van der Waals surface area (Å²) in [6, 6.07) is 8.71. The number of fused-ring (bicyclic) bond motifs is 1. The smallest absolute Gasteiger partial charge is 0.154 e. The van der Waals surface area contributed by atoms with Crippen LogP contribution in [0.5, 0.6) is 0 Å². The van der Waals surface area contributed by atoms with Crippen molar-refractivity contribution in [3.8, 4) is 11.3 Å². The Morgan fingerprint density at radius 2 is 1.96 bits per heavy atom. The molecule has 4 rings (SSSR count). The standard InChI is InChI=1S/C16H15ClFN5/c17-15-3-4-16-20-10-14(23(16)21-15)11-1-2-13(12(18)9-11)22-7-5-19-6-8-22/h1-4,9-10,19H,5-8H2. The number of halogens is 2. The molecule has 0 saturated carbocycles. The number of hydrogen-bond acceptors (Lipinski definition) is 4. The van der Waals surface area contributed by atoms with Gasteiger partial charge >= 0.3 is 0 Å². The van der Waals surface area contributed by atoms with Crippen molar-refractivity contribution in [2.75, 3.05) is 31.1 Å². The quantitative estimate of drug-likeness (QED) is 0.784. The van der Waals surface area contributed by atoms with Crippen LogP contribution in [0.25, 0.3) is 16.9 Å². The summed E-state index contributed by atoms with van der Waals surface area (Å²) in [5.74, 6) is -0.235. The Bertz CT molecular complexity index is 857. The number of nitrogens with one attached hydrogen (secondary N) is 1. The maximum Gasteiger partial charge on any atom is 0.154 e. The van der Waals surface area contributed by atoms with Crippen molar-refractivity contribution in [2.24, 2.45) is 0 Å².